The SMILES string of the molecule is O=C(O)C1CCN(C(c2ccsc2)c2cccc(Oc3ccccc3)c2)CC1. The number of hydrogen-bond acceptors (Lipinski definition) is 4. The van der Waals surface area contributed by atoms with Crippen LogP contribution in [-0.4, -0.2) is 29.1 Å². The van der Waals surface area contributed by atoms with Crippen LogP contribution >= 0.6 is 11.3 Å². The molecule has 1 unspecified atom stereocenters. The monoisotopic (exact) mass is 393 g/mol. The van der Waals surface area contributed by atoms with Crippen molar-refractivity contribution in [3.8, 4) is 11.5 Å². The highest BCUT2D eigenvalue weighted by atomic mass is 32.1. The van der Waals surface area contributed by atoms with Gasteiger partial charge in [-0.25, -0.2) is 0 Å². The summed E-state index contributed by atoms with van der Waals surface area (Å²) in [6.45, 7) is 1.56. The molecule has 1 saturated heterocycles. The van der Waals surface area contributed by atoms with Crippen LogP contribution in [0.25, 0.3) is 0 Å². The highest BCUT2D eigenvalue weighted by Crippen LogP contribution is 2.35. The summed E-state index contributed by atoms with van der Waals surface area (Å²) in [7, 11) is 0. The van der Waals surface area contributed by atoms with E-state index in [1.54, 1.807) is 11.3 Å². The van der Waals surface area contributed by atoms with Crippen molar-refractivity contribution in [3.63, 3.8) is 0 Å². The lowest BCUT2D eigenvalue weighted by atomic mass is 9.92. The van der Waals surface area contributed by atoms with Gasteiger partial charge in [-0.2, -0.15) is 11.3 Å². The average molecular weight is 394 g/mol. The second-order valence-corrected chi connectivity index (χ2v) is 7.88. The lowest BCUT2D eigenvalue weighted by molar-refractivity contribution is -0.143. The molecule has 4 nitrogen and oxygen atoms in total. The van der Waals surface area contributed by atoms with E-state index in [0.29, 0.717) is 12.8 Å². The zero-order valence-electron chi connectivity index (χ0n) is 15.5. The van der Waals surface area contributed by atoms with E-state index in [4.69, 9.17) is 4.74 Å². The Morgan fingerprint density at radius 1 is 1.00 bits per heavy atom. The molecule has 4 rings (SSSR count). The van der Waals surface area contributed by atoms with Crippen molar-refractivity contribution >= 4 is 17.3 Å². The quantitative estimate of drug-likeness (QED) is 0.607. The standard InChI is InChI=1S/C23H23NO3S/c25-23(26)17-9-12-24(13-10-17)22(19-11-14-28-16-19)18-5-4-8-21(15-18)27-20-6-2-1-3-7-20/h1-8,11,14-17,22H,9-10,12-13H2,(H,25,26). The number of carboxylic acid groups (broad SMARTS) is 1. The molecule has 0 saturated carbocycles. The fourth-order valence-electron chi connectivity index (χ4n) is 3.82. The number of rotatable bonds is 6. The maximum Gasteiger partial charge on any atom is 0.306 e. The van der Waals surface area contributed by atoms with Crippen LogP contribution in [0.3, 0.4) is 0 Å². The normalized spacial score (nSPS) is 16.6. The van der Waals surface area contributed by atoms with Crippen molar-refractivity contribution < 1.29 is 14.6 Å². The molecule has 1 atom stereocenters. The van der Waals surface area contributed by atoms with Gasteiger partial charge in [0.25, 0.3) is 0 Å². The third-order valence-corrected chi connectivity index (χ3v) is 5.96. The van der Waals surface area contributed by atoms with E-state index in [-0.39, 0.29) is 12.0 Å². The first-order valence-electron chi connectivity index (χ1n) is 9.52. The van der Waals surface area contributed by atoms with Gasteiger partial charge in [0.15, 0.2) is 0 Å². The Morgan fingerprint density at radius 3 is 2.43 bits per heavy atom. The second-order valence-electron chi connectivity index (χ2n) is 7.10. The van der Waals surface area contributed by atoms with E-state index < -0.39 is 5.97 Å². The van der Waals surface area contributed by atoms with Gasteiger partial charge in [-0.05, 0) is 78.2 Å². The number of para-hydroxylation sites is 1. The number of carbonyl (C=O) groups is 1. The van der Waals surface area contributed by atoms with Crippen molar-refractivity contribution in [2.45, 2.75) is 18.9 Å². The number of likely N-dealkylation sites (tertiary alicyclic amines) is 1. The van der Waals surface area contributed by atoms with E-state index in [1.807, 2.05) is 42.5 Å². The van der Waals surface area contributed by atoms with E-state index in [1.165, 1.54) is 11.1 Å². The number of benzene rings is 2. The maximum atomic E-state index is 11.3. The average Bonchev–Trinajstić information content (AvgIpc) is 3.24. The molecule has 1 aliphatic rings. The number of carboxylic acids is 1. The predicted molar refractivity (Wildman–Crippen MR) is 111 cm³/mol. The van der Waals surface area contributed by atoms with Crippen LogP contribution in [0.4, 0.5) is 0 Å². The summed E-state index contributed by atoms with van der Waals surface area (Å²) in [5.41, 5.74) is 2.41. The van der Waals surface area contributed by atoms with Crippen molar-refractivity contribution in [2.24, 2.45) is 5.92 Å². The van der Waals surface area contributed by atoms with Gasteiger partial charge in [0, 0.05) is 0 Å². The molecule has 0 amide bonds. The summed E-state index contributed by atoms with van der Waals surface area (Å²) in [6, 6.07) is 20.3. The van der Waals surface area contributed by atoms with Crippen molar-refractivity contribution in [2.75, 3.05) is 13.1 Å². The van der Waals surface area contributed by atoms with Gasteiger partial charge in [0.1, 0.15) is 11.5 Å². The lowest BCUT2D eigenvalue weighted by Crippen LogP contribution is -2.39. The third-order valence-electron chi connectivity index (χ3n) is 5.26. The van der Waals surface area contributed by atoms with E-state index in [9.17, 15) is 9.90 Å². The molecule has 144 valence electrons. The lowest BCUT2D eigenvalue weighted by Gasteiger charge is -2.36. The fourth-order valence-corrected chi connectivity index (χ4v) is 4.50. The van der Waals surface area contributed by atoms with Gasteiger partial charge in [-0.15, -0.1) is 0 Å². The Morgan fingerprint density at radius 2 is 1.75 bits per heavy atom. The van der Waals surface area contributed by atoms with Crippen LogP contribution in [0.5, 0.6) is 11.5 Å². The first-order valence-corrected chi connectivity index (χ1v) is 10.5. The summed E-state index contributed by atoms with van der Waals surface area (Å²) in [5.74, 6) is 0.718. The Balaban J connectivity index is 1.59. The maximum absolute atomic E-state index is 11.3. The van der Waals surface area contributed by atoms with Gasteiger partial charge in [0.05, 0.1) is 12.0 Å². The molecule has 2 aromatic carbocycles. The molecule has 1 N–H and O–H groups in total. The molecule has 1 aliphatic heterocycles. The van der Waals surface area contributed by atoms with Gasteiger partial charge < -0.3 is 9.84 Å². The third kappa shape index (κ3) is 4.26. The summed E-state index contributed by atoms with van der Waals surface area (Å²) in [6.07, 6.45) is 1.38. The molecule has 0 radical (unpaired) electrons. The Hall–Kier alpha value is -2.63. The minimum atomic E-state index is -0.676. The molecule has 0 bridgehead atoms. The van der Waals surface area contributed by atoms with Crippen molar-refractivity contribution in [1.29, 1.82) is 0 Å². The molecule has 3 aromatic rings. The molecule has 2 heterocycles. The number of nitrogens with zero attached hydrogens (tertiary/aromatic N) is 1. The molecule has 0 aliphatic carbocycles. The first-order chi connectivity index (χ1) is 13.7. The molecule has 1 fully saturated rings. The summed E-state index contributed by atoms with van der Waals surface area (Å²) >= 11 is 1.69. The molecular formula is C23H23NO3S. The van der Waals surface area contributed by atoms with Crippen molar-refractivity contribution in [3.05, 3.63) is 82.6 Å². The van der Waals surface area contributed by atoms with Gasteiger partial charge in [-0.1, -0.05) is 30.3 Å². The fraction of sp³-hybridized carbons (Fsp3) is 0.261. The van der Waals surface area contributed by atoms with Crippen LogP contribution < -0.4 is 4.74 Å². The zero-order chi connectivity index (χ0) is 19.3. The number of aliphatic carboxylic acids is 1. The highest BCUT2D eigenvalue weighted by Gasteiger charge is 2.30. The summed E-state index contributed by atoms with van der Waals surface area (Å²) in [4.78, 5) is 13.7. The van der Waals surface area contributed by atoms with E-state index in [0.717, 1.165) is 24.6 Å². The van der Waals surface area contributed by atoms with Crippen LogP contribution in [0.2, 0.25) is 0 Å². The topological polar surface area (TPSA) is 49.8 Å². The predicted octanol–water partition coefficient (Wildman–Crippen LogP) is 5.43. The van der Waals surface area contributed by atoms with Gasteiger partial charge >= 0.3 is 5.97 Å². The Bertz CT molecular complexity index is 903. The molecule has 28 heavy (non-hydrogen) atoms. The van der Waals surface area contributed by atoms with Crippen molar-refractivity contribution in [1.82, 2.24) is 4.90 Å². The minimum absolute atomic E-state index is 0.111. The van der Waals surface area contributed by atoms with Crippen LogP contribution in [-0.2, 0) is 4.79 Å². The minimum Gasteiger partial charge on any atom is -0.481 e. The number of ether oxygens (including phenoxy) is 1. The largest absolute Gasteiger partial charge is 0.481 e. The zero-order valence-corrected chi connectivity index (χ0v) is 16.3. The van der Waals surface area contributed by atoms with Crippen LogP contribution in [0, 0.1) is 5.92 Å². The van der Waals surface area contributed by atoms with Gasteiger partial charge in [-0.3, -0.25) is 9.69 Å². The smallest absolute Gasteiger partial charge is 0.306 e. The second kappa shape index (κ2) is 8.59. The first kappa shape index (κ1) is 18.7. The molecule has 5 heteroatoms. The molecule has 0 spiro atoms. The van der Waals surface area contributed by atoms with E-state index in [2.05, 4.69) is 33.9 Å². The summed E-state index contributed by atoms with van der Waals surface area (Å²) < 4.78 is 6.03. The van der Waals surface area contributed by atoms with Crippen LogP contribution in [0.1, 0.15) is 30.0 Å². The van der Waals surface area contributed by atoms with Crippen LogP contribution in [0.15, 0.2) is 71.4 Å². The highest BCUT2D eigenvalue weighted by molar-refractivity contribution is 7.08. The summed E-state index contributed by atoms with van der Waals surface area (Å²) in [5, 5.41) is 13.6. The number of thiophene rings is 1. The molecule has 1 aromatic heterocycles. The molecular weight excluding hydrogens is 370 g/mol. The Kier molecular flexibility index (Phi) is 5.74. The van der Waals surface area contributed by atoms with Gasteiger partial charge in [0.2, 0.25) is 0 Å². The number of hydrogen-bond donors (Lipinski definition) is 1. The number of piperidine rings is 1. The Labute approximate surface area is 169 Å². The van der Waals surface area contributed by atoms with E-state index >= 15 is 0 Å².